The molecule has 0 atom stereocenters. The van der Waals surface area contributed by atoms with E-state index >= 15 is 0 Å². The first-order chi connectivity index (χ1) is 17.9. The molecular weight excluding hydrogens is 476 g/mol. The number of benzene rings is 2. The molecule has 2 fully saturated rings. The van der Waals surface area contributed by atoms with Crippen molar-refractivity contribution in [3.63, 3.8) is 0 Å². The van der Waals surface area contributed by atoms with Gasteiger partial charge in [0.05, 0.1) is 30.6 Å². The molecule has 0 bridgehead atoms. The van der Waals surface area contributed by atoms with E-state index in [9.17, 15) is 14.4 Å². The summed E-state index contributed by atoms with van der Waals surface area (Å²) in [7, 11) is 3.27. The van der Waals surface area contributed by atoms with Crippen LogP contribution in [0, 0.1) is 11.8 Å². The van der Waals surface area contributed by atoms with Gasteiger partial charge in [-0.1, -0.05) is 0 Å². The van der Waals surface area contributed by atoms with Crippen LogP contribution in [0.5, 0.6) is 17.2 Å². The first kappa shape index (κ1) is 26.7. The second-order valence-corrected chi connectivity index (χ2v) is 9.63. The van der Waals surface area contributed by atoms with E-state index in [1.165, 1.54) is 0 Å². The van der Waals surface area contributed by atoms with E-state index in [2.05, 4.69) is 0 Å². The molecular formula is C29H34O8. The number of carbonyl (C=O) groups excluding carboxylic acids is 3. The van der Waals surface area contributed by atoms with Gasteiger partial charge in [-0.25, -0.2) is 4.79 Å². The van der Waals surface area contributed by atoms with Gasteiger partial charge in [-0.3, -0.25) is 9.59 Å². The SMILES string of the molecule is COc1ccc(C(=O)Oc2ccc(OC(=O)C3CCC(OC(=O)C4CCC(OC)CC4)CC3)cc2)cc1. The van der Waals surface area contributed by atoms with Crippen LogP contribution in [-0.4, -0.2) is 44.3 Å². The van der Waals surface area contributed by atoms with Crippen LogP contribution in [0.15, 0.2) is 48.5 Å². The molecule has 2 aliphatic rings. The van der Waals surface area contributed by atoms with Crippen molar-refractivity contribution in [3.05, 3.63) is 54.1 Å². The second-order valence-electron chi connectivity index (χ2n) is 9.63. The third-order valence-corrected chi connectivity index (χ3v) is 7.21. The molecule has 37 heavy (non-hydrogen) atoms. The van der Waals surface area contributed by atoms with Gasteiger partial charge in [0, 0.05) is 7.11 Å². The van der Waals surface area contributed by atoms with Crippen LogP contribution in [0.3, 0.4) is 0 Å². The van der Waals surface area contributed by atoms with Gasteiger partial charge in [0.25, 0.3) is 0 Å². The molecule has 0 unspecified atom stereocenters. The standard InChI is InChI=1S/C29H34O8/c1-33-22-9-3-19(4-10-22)27(30)35-24-13-7-21(8-14-24)29(32)37-26-17-15-25(16-18-26)36-28(31)20-5-11-23(34-2)12-6-20/h5-6,11-12,15-19,21-22,24H,3-4,7-10,13-14H2,1-2H3. The maximum Gasteiger partial charge on any atom is 0.343 e. The molecule has 0 aromatic heterocycles. The van der Waals surface area contributed by atoms with Gasteiger partial charge in [0.2, 0.25) is 0 Å². The third kappa shape index (κ3) is 7.32. The Balaban J connectivity index is 1.19. The minimum absolute atomic E-state index is 0.0486. The highest BCUT2D eigenvalue weighted by Crippen LogP contribution is 2.31. The Kier molecular flexibility index (Phi) is 9.17. The van der Waals surface area contributed by atoms with Crippen molar-refractivity contribution in [1.82, 2.24) is 0 Å². The van der Waals surface area contributed by atoms with Gasteiger partial charge in [0.1, 0.15) is 23.4 Å². The molecule has 2 aliphatic carbocycles. The Bertz CT molecular complexity index is 1050. The maximum absolute atomic E-state index is 12.7. The average molecular weight is 511 g/mol. The highest BCUT2D eigenvalue weighted by molar-refractivity contribution is 5.91. The van der Waals surface area contributed by atoms with Crippen molar-refractivity contribution in [1.29, 1.82) is 0 Å². The Labute approximate surface area is 217 Å². The molecule has 0 aliphatic heterocycles. The number of hydrogen-bond acceptors (Lipinski definition) is 8. The summed E-state index contributed by atoms with van der Waals surface area (Å²) < 4.78 is 27.1. The van der Waals surface area contributed by atoms with Crippen LogP contribution in [0.4, 0.5) is 0 Å². The van der Waals surface area contributed by atoms with Crippen LogP contribution in [0.25, 0.3) is 0 Å². The lowest BCUT2D eigenvalue weighted by molar-refractivity contribution is -0.158. The number of carbonyl (C=O) groups is 3. The molecule has 0 amide bonds. The molecule has 198 valence electrons. The molecule has 0 heterocycles. The first-order valence-corrected chi connectivity index (χ1v) is 12.9. The molecule has 2 aromatic carbocycles. The van der Waals surface area contributed by atoms with E-state index in [0.717, 1.165) is 25.7 Å². The fourth-order valence-corrected chi connectivity index (χ4v) is 4.88. The van der Waals surface area contributed by atoms with E-state index in [1.54, 1.807) is 62.8 Å². The van der Waals surface area contributed by atoms with E-state index < -0.39 is 5.97 Å². The van der Waals surface area contributed by atoms with Crippen molar-refractivity contribution >= 4 is 17.9 Å². The molecule has 8 heteroatoms. The van der Waals surface area contributed by atoms with E-state index in [-0.39, 0.29) is 36.0 Å². The Morgan fingerprint density at radius 2 is 1.08 bits per heavy atom. The van der Waals surface area contributed by atoms with Crippen molar-refractivity contribution in [3.8, 4) is 17.2 Å². The predicted octanol–water partition coefficient (Wildman–Crippen LogP) is 5.13. The van der Waals surface area contributed by atoms with Gasteiger partial charge < -0.3 is 23.7 Å². The number of methoxy groups -OCH3 is 2. The molecule has 0 N–H and O–H groups in total. The van der Waals surface area contributed by atoms with E-state index in [1.807, 2.05) is 0 Å². The summed E-state index contributed by atoms with van der Waals surface area (Å²) in [6.07, 6.45) is 6.03. The number of esters is 3. The minimum Gasteiger partial charge on any atom is -0.497 e. The third-order valence-electron chi connectivity index (χ3n) is 7.21. The van der Waals surface area contributed by atoms with Gasteiger partial charge in [-0.15, -0.1) is 0 Å². The van der Waals surface area contributed by atoms with Crippen molar-refractivity contribution < 1.29 is 38.1 Å². The van der Waals surface area contributed by atoms with E-state index in [4.69, 9.17) is 23.7 Å². The number of rotatable bonds is 8. The highest BCUT2D eigenvalue weighted by atomic mass is 16.6. The number of hydrogen-bond donors (Lipinski definition) is 0. The summed E-state index contributed by atoms with van der Waals surface area (Å²) in [5, 5.41) is 0. The van der Waals surface area contributed by atoms with Crippen molar-refractivity contribution in [2.75, 3.05) is 14.2 Å². The van der Waals surface area contributed by atoms with Crippen LogP contribution in [0.2, 0.25) is 0 Å². The summed E-state index contributed by atoms with van der Waals surface area (Å²) in [6, 6.07) is 13.0. The highest BCUT2D eigenvalue weighted by Gasteiger charge is 2.33. The maximum atomic E-state index is 12.7. The quantitative estimate of drug-likeness (QED) is 0.356. The van der Waals surface area contributed by atoms with Crippen LogP contribution >= 0.6 is 0 Å². The van der Waals surface area contributed by atoms with E-state index in [0.29, 0.717) is 48.5 Å². The Morgan fingerprint density at radius 3 is 1.62 bits per heavy atom. The van der Waals surface area contributed by atoms with Gasteiger partial charge in [-0.05, 0) is 99.9 Å². The first-order valence-electron chi connectivity index (χ1n) is 12.9. The lowest BCUT2D eigenvalue weighted by Crippen LogP contribution is -2.33. The van der Waals surface area contributed by atoms with Gasteiger partial charge in [0.15, 0.2) is 0 Å². The zero-order valence-corrected chi connectivity index (χ0v) is 21.4. The van der Waals surface area contributed by atoms with Gasteiger partial charge in [-0.2, -0.15) is 0 Å². The smallest absolute Gasteiger partial charge is 0.343 e. The number of ether oxygens (including phenoxy) is 5. The van der Waals surface area contributed by atoms with Crippen molar-refractivity contribution in [2.24, 2.45) is 11.8 Å². The molecule has 2 saturated carbocycles. The van der Waals surface area contributed by atoms with Crippen molar-refractivity contribution in [2.45, 2.75) is 63.6 Å². The fraction of sp³-hybridized carbons (Fsp3) is 0.483. The molecule has 0 saturated heterocycles. The minimum atomic E-state index is -0.493. The Morgan fingerprint density at radius 1 is 0.595 bits per heavy atom. The monoisotopic (exact) mass is 510 g/mol. The Hall–Kier alpha value is -3.39. The molecule has 4 rings (SSSR count). The second kappa shape index (κ2) is 12.7. The van der Waals surface area contributed by atoms with Crippen LogP contribution in [0.1, 0.15) is 61.7 Å². The molecule has 8 nitrogen and oxygen atoms in total. The summed E-state index contributed by atoms with van der Waals surface area (Å²) in [6.45, 7) is 0. The molecule has 2 aromatic rings. The zero-order chi connectivity index (χ0) is 26.2. The normalized spacial score (nSPS) is 23.5. The topological polar surface area (TPSA) is 97.4 Å². The summed E-state index contributed by atoms with van der Waals surface area (Å²) in [4.78, 5) is 37.5. The fourth-order valence-electron chi connectivity index (χ4n) is 4.88. The lowest BCUT2D eigenvalue weighted by Gasteiger charge is -2.30. The zero-order valence-electron chi connectivity index (χ0n) is 21.4. The molecule has 0 spiro atoms. The predicted molar refractivity (Wildman–Crippen MR) is 135 cm³/mol. The summed E-state index contributed by atoms with van der Waals surface area (Å²) >= 11 is 0. The van der Waals surface area contributed by atoms with Crippen LogP contribution in [-0.2, 0) is 19.1 Å². The average Bonchev–Trinajstić information content (AvgIpc) is 2.94. The van der Waals surface area contributed by atoms with Gasteiger partial charge >= 0.3 is 17.9 Å². The van der Waals surface area contributed by atoms with Crippen LogP contribution < -0.4 is 14.2 Å². The largest absolute Gasteiger partial charge is 0.497 e. The summed E-state index contributed by atoms with van der Waals surface area (Å²) in [5.74, 6) is 0.185. The lowest BCUT2D eigenvalue weighted by atomic mass is 9.86. The summed E-state index contributed by atoms with van der Waals surface area (Å²) in [5.41, 5.74) is 0.399. The molecule has 0 radical (unpaired) electrons.